The number of rotatable bonds is 2. The smallest absolute Gasteiger partial charge is 0.187 e. The second-order valence-corrected chi connectivity index (χ2v) is 4.35. The summed E-state index contributed by atoms with van der Waals surface area (Å²) < 4.78 is 5.75. The van der Waals surface area contributed by atoms with Crippen molar-refractivity contribution in [1.82, 2.24) is 9.97 Å². The molecule has 2 aromatic heterocycles. The largest absolute Gasteiger partial charge is 0.454 e. The predicted octanol–water partition coefficient (Wildman–Crippen LogP) is 3.61. The number of nitrogens with zero attached hydrogens (tertiary/aromatic N) is 2. The highest BCUT2D eigenvalue weighted by atomic mass is 32.2. The molecule has 0 atom stereocenters. The Bertz CT molecular complexity index is 630. The van der Waals surface area contributed by atoms with Crippen LogP contribution in [-0.4, -0.2) is 16.2 Å². The zero-order valence-corrected chi connectivity index (χ0v) is 10.1. The minimum absolute atomic E-state index is 0.753. The van der Waals surface area contributed by atoms with Crippen molar-refractivity contribution in [3.63, 3.8) is 0 Å². The van der Waals surface area contributed by atoms with Crippen LogP contribution in [0.3, 0.4) is 0 Å². The molecule has 0 aliphatic heterocycles. The summed E-state index contributed by atoms with van der Waals surface area (Å²) in [7, 11) is 0. The van der Waals surface area contributed by atoms with E-state index in [1.165, 1.54) is 11.8 Å². The number of thioether (sulfide) groups is 1. The monoisotopic (exact) mass is 242 g/mol. The lowest BCUT2D eigenvalue weighted by atomic mass is 10.2. The summed E-state index contributed by atoms with van der Waals surface area (Å²) in [5, 5.41) is 1.84. The van der Waals surface area contributed by atoms with E-state index in [2.05, 4.69) is 9.97 Å². The number of hydrogen-bond acceptors (Lipinski definition) is 4. The van der Waals surface area contributed by atoms with Gasteiger partial charge < -0.3 is 4.42 Å². The van der Waals surface area contributed by atoms with Crippen LogP contribution >= 0.6 is 11.8 Å². The second kappa shape index (κ2) is 4.22. The van der Waals surface area contributed by atoms with Crippen LogP contribution in [0.15, 0.2) is 52.2 Å². The van der Waals surface area contributed by atoms with Crippen LogP contribution in [0.2, 0.25) is 0 Å². The molecule has 0 bridgehead atoms. The lowest BCUT2D eigenvalue weighted by Crippen LogP contribution is -1.87. The van der Waals surface area contributed by atoms with E-state index < -0.39 is 0 Å². The van der Waals surface area contributed by atoms with Crippen molar-refractivity contribution in [1.29, 1.82) is 0 Å². The van der Waals surface area contributed by atoms with Gasteiger partial charge in [0.2, 0.25) is 0 Å². The Labute approximate surface area is 103 Å². The zero-order valence-electron chi connectivity index (χ0n) is 9.25. The minimum atomic E-state index is 0.753. The first-order chi connectivity index (χ1) is 8.36. The quantitative estimate of drug-likeness (QED) is 0.508. The molecule has 1 aromatic carbocycles. The average Bonchev–Trinajstić information content (AvgIpc) is 2.82. The molecule has 0 saturated heterocycles. The highest BCUT2D eigenvalue weighted by Crippen LogP contribution is 2.26. The molecule has 3 nitrogen and oxygen atoms in total. The van der Waals surface area contributed by atoms with Crippen LogP contribution in [-0.2, 0) is 0 Å². The maximum atomic E-state index is 5.75. The van der Waals surface area contributed by atoms with Crippen LogP contribution in [0.4, 0.5) is 0 Å². The number of para-hydroxylation sites is 1. The van der Waals surface area contributed by atoms with Crippen molar-refractivity contribution in [2.45, 2.75) is 5.16 Å². The van der Waals surface area contributed by atoms with Crippen molar-refractivity contribution in [3.05, 3.63) is 42.6 Å². The van der Waals surface area contributed by atoms with E-state index in [0.717, 1.165) is 27.6 Å². The predicted molar refractivity (Wildman–Crippen MR) is 69.0 cm³/mol. The lowest BCUT2D eigenvalue weighted by molar-refractivity contribution is 0.627. The molecule has 4 heteroatoms. The van der Waals surface area contributed by atoms with Crippen LogP contribution in [0, 0.1) is 0 Å². The maximum Gasteiger partial charge on any atom is 0.187 e. The summed E-state index contributed by atoms with van der Waals surface area (Å²) in [4.78, 5) is 8.56. The van der Waals surface area contributed by atoms with Gasteiger partial charge in [-0.25, -0.2) is 9.97 Å². The Morgan fingerprint density at radius 2 is 2.06 bits per heavy atom. The van der Waals surface area contributed by atoms with Crippen molar-refractivity contribution in [3.8, 4) is 11.5 Å². The molecular formula is C13H10N2OS. The molecule has 0 N–H and O–H groups in total. The SMILES string of the molecule is CSc1nccc(-c2cc3ccccc3o2)n1. The molecule has 17 heavy (non-hydrogen) atoms. The minimum Gasteiger partial charge on any atom is -0.454 e. The van der Waals surface area contributed by atoms with Crippen LogP contribution < -0.4 is 0 Å². The molecular weight excluding hydrogens is 232 g/mol. The Morgan fingerprint density at radius 3 is 2.88 bits per heavy atom. The summed E-state index contributed by atoms with van der Waals surface area (Å²) in [5.74, 6) is 0.781. The molecule has 3 aromatic rings. The van der Waals surface area contributed by atoms with E-state index in [4.69, 9.17) is 4.42 Å². The third-order valence-corrected chi connectivity index (χ3v) is 3.06. The summed E-state index contributed by atoms with van der Waals surface area (Å²) in [5.41, 5.74) is 1.70. The first kappa shape index (κ1) is 10.4. The van der Waals surface area contributed by atoms with Crippen LogP contribution in [0.5, 0.6) is 0 Å². The first-order valence-corrected chi connectivity index (χ1v) is 6.45. The average molecular weight is 242 g/mol. The molecule has 84 valence electrons. The third kappa shape index (κ3) is 1.91. The third-order valence-electron chi connectivity index (χ3n) is 2.49. The summed E-state index contributed by atoms with van der Waals surface area (Å²) in [6.07, 6.45) is 3.71. The van der Waals surface area contributed by atoms with Crippen molar-refractivity contribution in [2.75, 3.05) is 6.26 Å². The van der Waals surface area contributed by atoms with Crippen molar-refractivity contribution >= 4 is 22.7 Å². The van der Waals surface area contributed by atoms with Gasteiger partial charge in [-0.05, 0) is 24.5 Å². The molecule has 0 saturated carbocycles. The van der Waals surface area contributed by atoms with E-state index in [1.54, 1.807) is 6.20 Å². The standard InChI is InChI=1S/C13H10N2OS/c1-17-13-14-7-6-10(15-13)12-8-9-4-2-3-5-11(9)16-12/h2-8H,1H3. The number of furan rings is 1. The molecule has 2 heterocycles. The summed E-state index contributed by atoms with van der Waals surface area (Å²) >= 11 is 1.52. The number of benzene rings is 1. The normalized spacial score (nSPS) is 10.9. The van der Waals surface area contributed by atoms with Crippen molar-refractivity contribution in [2.24, 2.45) is 0 Å². The Balaban J connectivity index is 2.13. The molecule has 0 radical (unpaired) electrons. The zero-order chi connectivity index (χ0) is 11.7. The number of fused-ring (bicyclic) bond motifs is 1. The molecule has 0 amide bonds. The molecule has 3 rings (SSSR count). The van der Waals surface area contributed by atoms with Gasteiger partial charge in [-0.1, -0.05) is 30.0 Å². The van der Waals surface area contributed by atoms with Gasteiger partial charge in [0.15, 0.2) is 10.9 Å². The van der Waals surface area contributed by atoms with Gasteiger partial charge in [-0.15, -0.1) is 0 Å². The Hall–Kier alpha value is -1.81. The van der Waals surface area contributed by atoms with Gasteiger partial charge in [0, 0.05) is 11.6 Å². The molecule has 0 fully saturated rings. The van der Waals surface area contributed by atoms with E-state index >= 15 is 0 Å². The number of hydrogen-bond donors (Lipinski definition) is 0. The lowest BCUT2D eigenvalue weighted by Gasteiger charge is -1.97. The fourth-order valence-electron chi connectivity index (χ4n) is 1.68. The van der Waals surface area contributed by atoms with Gasteiger partial charge in [-0.2, -0.15) is 0 Å². The fourth-order valence-corrected chi connectivity index (χ4v) is 2.04. The molecule has 0 unspecified atom stereocenters. The van der Waals surface area contributed by atoms with Gasteiger partial charge in [0.05, 0.1) is 0 Å². The van der Waals surface area contributed by atoms with Gasteiger partial charge in [0.25, 0.3) is 0 Å². The van der Waals surface area contributed by atoms with E-state index in [0.29, 0.717) is 0 Å². The highest BCUT2D eigenvalue weighted by molar-refractivity contribution is 7.98. The molecule has 0 spiro atoms. The number of aromatic nitrogens is 2. The summed E-state index contributed by atoms with van der Waals surface area (Å²) in [6.45, 7) is 0. The van der Waals surface area contributed by atoms with E-state index in [9.17, 15) is 0 Å². The summed E-state index contributed by atoms with van der Waals surface area (Å²) in [6, 6.07) is 11.8. The van der Waals surface area contributed by atoms with E-state index in [-0.39, 0.29) is 0 Å². The maximum absolute atomic E-state index is 5.75. The van der Waals surface area contributed by atoms with Crippen LogP contribution in [0.25, 0.3) is 22.4 Å². The fraction of sp³-hybridized carbons (Fsp3) is 0.0769. The molecule has 0 aliphatic carbocycles. The van der Waals surface area contributed by atoms with Gasteiger partial charge >= 0.3 is 0 Å². The van der Waals surface area contributed by atoms with Crippen molar-refractivity contribution < 1.29 is 4.42 Å². The van der Waals surface area contributed by atoms with E-state index in [1.807, 2.05) is 42.7 Å². The first-order valence-electron chi connectivity index (χ1n) is 5.23. The molecule has 0 aliphatic rings. The van der Waals surface area contributed by atoms with Crippen LogP contribution in [0.1, 0.15) is 0 Å². The van der Waals surface area contributed by atoms with Gasteiger partial charge in [0.1, 0.15) is 11.3 Å². The topological polar surface area (TPSA) is 38.9 Å². The van der Waals surface area contributed by atoms with Gasteiger partial charge in [-0.3, -0.25) is 0 Å². The highest BCUT2D eigenvalue weighted by Gasteiger charge is 2.07. The Morgan fingerprint density at radius 1 is 1.18 bits per heavy atom. The Kier molecular flexibility index (Phi) is 2.57. The second-order valence-electron chi connectivity index (χ2n) is 3.58.